The van der Waals surface area contributed by atoms with Crippen LogP contribution in [0.25, 0.3) is 0 Å². The first-order valence-electron chi connectivity index (χ1n) is 8.00. The summed E-state index contributed by atoms with van der Waals surface area (Å²) in [4.78, 5) is 15.1. The fraction of sp³-hybridized carbons (Fsp3) is 0.0952. The van der Waals surface area contributed by atoms with Crippen LogP contribution in [0, 0.1) is 0 Å². The van der Waals surface area contributed by atoms with Crippen molar-refractivity contribution in [3.8, 4) is 0 Å². The van der Waals surface area contributed by atoms with E-state index in [1.807, 2.05) is 92.0 Å². The Morgan fingerprint density at radius 2 is 1.38 bits per heavy atom. The third kappa shape index (κ3) is 2.02. The number of para-hydroxylation sites is 2. The Balaban J connectivity index is 1.97. The van der Waals surface area contributed by atoms with Gasteiger partial charge >= 0.3 is 0 Å². The molecule has 0 saturated heterocycles. The molecule has 4 rings (SSSR count). The molecule has 0 spiro atoms. The van der Waals surface area contributed by atoms with Gasteiger partial charge in [0, 0.05) is 24.0 Å². The lowest BCUT2D eigenvalue weighted by Gasteiger charge is -2.31. The maximum absolute atomic E-state index is 13.4. The van der Waals surface area contributed by atoms with Crippen LogP contribution in [0.15, 0.2) is 84.9 Å². The topological polar surface area (TPSA) is 32.3 Å². The van der Waals surface area contributed by atoms with E-state index in [0.717, 1.165) is 22.5 Å². The summed E-state index contributed by atoms with van der Waals surface area (Å²) in [7, 11) is 1.83. The molecule has 3 heteroatoms. The van der Waals surface area contributed by atoms with Crippen LogP contribution in [0.1, 0.15) is 11.1 Å². The number of fused-ring (bicyclic) bond motifs is 1. The van der Waals surface area contributed by atoms with E-state index in [0.29, 0.717) is 0 Å². The molecule has 0 fully saturated rings. The Hall–Kier alpha value is -3.07. The zero-order chi connectivity index (χ0) is 16.6. The predicted molar refractivity (Wildman–Crippen MR) is 97.1 cm³/mol. The molecule has 0 radical (unpaired) electrons. The van der Waals surface area contributed by atoms with Crippen LogP contribution in [0.5, 0.6) is 0 Å². The number of amides is 1. The molecule has 1 heterocycles. The molecule has 1 N–H and O–H groups in total. The molecule has 118 valence electrons. The van der Waals surface area contributed by atoms with Crippen molar-refractivity contribution in [2.75, 3.05) is 17.3 Å². The van der Waals surface area contributed by atoms with Crippen LogP contribution in [-0.2, 0) is 10.3 Å². The number of benzene rings is 3. The molecule has 0 bridgehead atoms. The lowest BCUT2D eigenvalue weighted by atomic mass is 9.83. The summed E-state index contributed by atoms with van der Waals surface area (Å²) in [5.74, 6) is 0.0266. The molecular weight excluding hydrogens is 296 g/mol. The van der Waals surface area contributed by atoms with Gasteiger partial charge in [-0.3, -0.25) is 4.79 Å². The van der Waals surface area contributed by atoms with Crippen molar-refractivity contribution in [1.29, 1.82) is 0 Å². The van der Waals surface area contributed by atoms with Gasteiger partial charge in [-0.15, -0.1) is 0 Å². The van der Waals surface area contributed by atoms with Gasteiger partial charge in [-0.1, -0.05) is 66.7 Å². The van der Waals surface area contributed by atoms with E-state index in [2.05, 4.69) is 5.32 Å². The number of carbonyl (C=O) groups excluding carboxylic acids is 1. The first-order chi connectivity index (χ1) is 11.7. The van der Waals surface area contributed by atoms with Gasteiger partial charge in [0.1, 0.15) is 0 Å². The second-order valence-corrected chi connectivity index (χ2v) is 5.99. The van der Waals surface area contributed by atoms with Crippen LogP contribution in [0.4, 0.5) is 11.4 Å². The number of rotatable bonds is 3. The molecule has 3 aromatic rings. The monoisotopic (exact) mass is 314 g/mol. The number of nitrogens with one attached hydrogen (secondary N) is 1. The number of likely N-dealkylation sites (N-methyl/N-ethyl adjacent to an activating group) is 1. The molecule has 1 aliphatic heterocycles. The Labute approximate surface area is 141 Å². The van der Waals surface area contributed by atoms with Gasteiger partial charge in [0.05, 0.1) is 0 Å². The van der Waals surface area contributed by atoms with Crippen molar-refractivity contribution in [2.45, 2.75) is 5.54 Å². The minimum atomic E-state index is -0.909. The maximum Gasteiger partial charge on any atom is 0.261 e. The summed E-state index contributed by atoms with van der Waals surface area (Å²) < 4.78 is 0. The van der Waals surface area contributed by atoms with Crippen LogP contribution < -0.4 is 10.2 Å². The predicted octanol–water partition coefficient (Wildman–Crippen LogP) is 4.02. The average molecular weight is 314 g/mol. The van der Waals surface area contributed by atoms with Gasteiger partial charge in [-0.25, -0.2) is 0 Å². The molecule has 0 saturated carbocycles. The normalized spacial score (nSPS) is 19.2. The standard InChI is InChI=1S/C21H18N2O/c1-23-19-15-9-8-14-18(19)21(20(23)24,16-10-4-2-5-11-16)22-17-12-6-3-7-13-17/h2-15,22H,1H3/t21-/m0/s1. The Morgan fingerprint density at radius 1 is 0.792 bits per heavy atom. The minimum Gasteiger partial charge on any atom is -0.364 e. The Bertz CT molecular complexity index is 877. The molecule has 1 atom stereocenters. The first kappa shape index (κ1) is 14.5. The van der Waals surface area contributed by atoms with Crippen molar-refractivity contribution in [3.05, 3.63) is 96.1 Å². The molecule has 24 heavy (non-hydrogen) atoms. The molecular formula is C21H18N2O. The van der Waals surface area contributed by atoms with E-state index in [9.17, 15) is 4.79 Å². The van der Waals surface area contributed by atoms with Crippen molar-refractivity contribution < 1.29 is 4.79 Å². The zero-order valence-corrected chi connectivity index (χ0v) is 13.4. The van der Waals surface area contributed by atoms with Gasteiger partial charge in [0.15, 0.2) is 5.54 Å². The highest BCUT2D eigenvalue weighted by Crippen LogP contribution is 2.45. The van der Waals surface area contributed by atoms with E-state index in [1.54, 1.807) is 4.90 Å². The Morgan fingerprint density at radius 3 is 2.08 bits per heavy atom. The molecule has 3 aromatic carbocycles. The summed E-state index contributed by atoms with van der Waals surface area (Å²) >= 11 is 0. The molecule has 3 nitrogen and oxygen atoms in total. The van der Waals surface area contributed by atoms with Crippen LogP contribution >= 0.6 is 0 Å². The van der Waals surface area contributed by atoms with E-state index < -0.39 is 5.54 Å². The van der Waals surface area contributed by atoms with Crippen molar-refractivity contribution in [2.24, 2.45) is 0 Å². The highest BCUT2D eigenvalue weighted by Gasteiger charge is 2.51. The SMILES string of the molecule is CN1C(=O)[C@](Nc2ccccc2)(c2ccccc2)c2ccccc21. The van der Waals surface area contributed by atoms with Gasteiger partial charge in [0.2, 0.25) is 0 Å². The molecule has 1 aliphatic rings. The fourth-order valence-electron chi connectivity index (χ4n) is 3.46. The summed E-state index contributed by atoms with van der Waals surface area (Å²) in [6.07, 6.45) is 0. The zero-order valence-electron chi connectivity index (χ0n) is 13.4. The number of nitrogens with zero attached hydrogens (tertiary/aromatic N) is 1. The third-order valence-corrected chi connectivity index (χ3v) is 4.61. The summed E-state index contributed by atoms with van der Waals surface area (Å²) in [5, 5.41) is 3.52. The second-order valence-electron chi connectivity index (χ2n) is 5.99. The van der Waals surface area contributed by atoms with Crippen molar-refractivity contribution in [3.63, 3.8) is 0 Å². The number of hydrogen-bond acceptors (Lipinski definition) is 2. The lowest BCUT2D eigenvalue weighted by Crippen LogP contribution is -2.46. The average Bonchev–Trinajstić information content (AvgIpc) is 2.86. The van der Waals surface area contributed by atoms with Gasteiger partial charge < -0.3 is 10.2 Å². The van der Waals surface area contributed by atoms with Crippen LogP contribution in [-0.4, -0.2) is 13.0 Å². The number of hydrogen-bond donors (Lipinski definition) is 1. The van der Waals surface area contributed by atoms with E-state index >= 15 is 0 Å². The molecule has 0 aliphatic carbocycles. The van der Waals surface area contributed by atoms with Gasteiger partial charge in [0.25, 0.3) is 5.91 Å². The molecule has 0 aromatic heterocycles. The van der Waals surface area contributed by atoms with Gasteiger partial charge in [-0.2, -0.15) is 0 Å². The Kier molecular flexibility index (Phi) is 3.35. The van der Waals surface area contributed by atoms with E-state index in [-0.39, 0.29) is 5.91 Å². The van der Waals surface area contributed by atoms with E-state index in [4.69, 9.17) is 0 Å². The summed E-state index contributed by atoms with van der Waals surface area (Å²) in [6.45, 7) is 0. The fourth-order valence-corrected chi connectivity index (χ4v) is 3.46. The summed E-state index contributed by atoms with van der Waals surface area (Å²) in [5.41, 5.74) is 2.87. The largest absolute Gasteiger partial charge is 0.364 e. The minimum absolute atomic E-state index is 0.0266. The first-order valence-corrected chi connectivity index (χ1v) is 8.00. The van der Waals surface area contributed by atoms with Crippen molar-refractivity contribution >= 4 is 17.3 Å². The third-order valence-electron chi connectivity index (χ3n) is 4.61. The lowest BCUT2D eigenvalue weighted by molar-refractivity contribution is -0.120. The number of anilines is 2. The smallest absolute Gasteiger partial charge is 0.261 e. The number of carbonyl (C=O) groups is 1. The highest BCUT2D eigenvalue weighted by molar-refractivity contribution is 6.11. The summed E-state index contributed by atoms with van der Waals surface area (Å²) in [6, 6.07) is 27.8. The molecule has 1 amide bonds. The maximum atomic E-state index is 13.4. The van der Waals surface area contributed by atoms with Crippen LogP contribution in [0.2, 0.25) is 0 Å². The second kappa shape index (κ2) is 5.53. The van der Waals surface area contributed by atoms with E-state index in [1.165, 1.54) is 0 Å². The molecule has 0 unspecified atom stereocenters. The van der Waals surface area contributed by atoms with Crippen LogP contribution in [0.3, 0.4) is 0 Å². The quantitative estimate of drug-likeness (QED) is 0.792. The van der Waals surface area contributed by atoms with Gasteiger partial charge in [-0.05, 0) is 23.8 Å². The highest BCUT2D eigenvalue weighted by atomic mass is 16.2. The van der Waals surface area contributed by atoms with Crippen molar-refractivity contribution in [1.82, 2.24) is 0 Å².